The van der Waals surface area contributed by atoms with Gasteiger partial charge in [0.15, 0.2) is 0 Å². The molecule has 0 bridgehead atoms. The lowest BCUT2D eigenvalue weighted by Crippen LogP contribution is -2.36. The third kappa shape index (κ3) is 6.68. The summed E-state index contributed by atoms with van der Waals surface area (Å²) in [6, 6.07) is 18.2. The Balaban J connectivity index is 2.25. The lowest BCUT2D eigenvalue weighted by molar-refractivity contribution is -0.122. The van der Waals surface area contributed by atoms with Crippen molar-refractivity contribution in [3.63, 3.8) is 0 Å². The highest BCUT2D eigenvalue weighted by Crippen LogP contribution is 2.29. The Bertz CT molecular complexity index is 788. The quantitative estimate of drug-likeness (QED) is 0.535. The van der Waals surface area contributed by atoms with Gasteiger partial charge in [0.05, 0.1) is 12.6 Å². The molecule has 0 radical (unpaired) electrons. The van der Waals surface area contributed by atoms with Crippen LogP contribution in [0.3, 0.4) is 0 Å². The zero-order valence-electron chi connectivity index (χ0n) is 19.5. The number of carbonyl (C=O) groups excluding carboxylic acids is 1. The molecule has 30 heavy (non-hydrogen) atoms. The average molecular weight is 410 g/mol. The van der Waals surface area contributed by atoms with Gasteiger partial charge >= 0.3 is 0 Å². The molecule has 0 heterocycles. The number of hydrogen-bond acceptors (Lipinski definition) is 3. The molecule has 2 aromatic rings. The first-order chi connectivity index (χ1) is 14.2. The summed E-state index contributed by atoms with van der Waals surface area (Å²) in [7, 11) is 0. The van der Waals surface area contributed by atoms with Gasteiger partial charge in [0.25, 0.3) is 0 Å². The lowest BCUT2D eigenvalue weighted by atomic mass is 9.88. The molecule has 0 spiro atoms. The molecule has 0 saturated heterocycles. The molecule has 4 heteroatoms. The van der Waals surface area contributed by atoms with Crippen LogP contribution in [-0.2, 0) is 11.3 Å². The Morgan fingerprint density at radius 3 is 2.10 bits per heavy atom. The Hall–Kier alpha value is -2.17. The van der Waals surface area contributed by atoms with E-state index in [0.717, 1.165) is 24.1 Å². The van der Waals surface area contributed by atoms with Crippen LogP contribution in [0.25, 0.3) is 11.1 Å². The summed E-state index contributed by atoms with van der Waals surface area (Å²) in [4.78, 5) is 15.1. The maximum absolute atomic E-state index is 12.6. The van der Waals surface area contributed by atoms with Gasteiger partial charge in [-0.25, -0.2) is 0 Å². The van der Waals surface area contributed by atoms with Gasteiger partial charge in [0.2, 0.25) is 5.91 Å². The zero-order valence-corrected chi connectivity index (χ0v) is 19.5. The smallest absolute Gasteiger partial charge is 0.228 e. The van der Waals surface area contributed by atoms with Crippen molar-refractivity contribution in [1.82, 2.24) is 10.2 Å². The van der Waals surface area contributed by atoms with E-state index in [0.29, 0.717) is 18.0 Å². The highest BCUT2D eigenvalue weighted by atomic mass is 16.1. The summed E-state index contributed by atoms with van der Waals surface area (Å²) in [5.74, 6) is 0.242. The minimum Gasteiger partial charge on any atom is -0.343 e. The van der Waals surface area contributed by atoms with Crippen molar-refractivity contribution >= 4 is 5.91 Å². The molecule has 0 aromatic heterocycles. The number of nitrogens with one attached hydrogen (secondary N) is 1. The molecule has 1 atom stereocenters. The predicted octanol–water partition coefficient (Wildman–Crippen LogP) is 5.13. The molecule has 0 saturated carbocycles. The first-order valence-electron chi connectivity index (χ1n) is 11.2. The molecule has 164 valence electrons. The summed E-state index contributed by atoms with van der Waals surface area (Å²) in [6.07, 6.45) is 0.800. The highest BCUT2D eigenvalue weighted by molar-refractivity contribution is 5.84. The number of carbonyl (C=O) groups is 1. The third-order valence-electron chi connectivity index (χ3n) is 5.57. The fourth-order valence-corrected chi connectivity index (χ4v) is 4.00. The zero-order chi connectivity index (χ0) is 22.3. The van der Waals surface area contributed by atoms with Crippen LogP contribution in [0.1, 0.15) is 65.0 Å². The Labute approximate surface area is 182 Å². The molecule has 0 unspecified atom stereocenters. The van der Waals surface area contributed by atoms with E-state index in [-0.39, 0.29) is 18.5 Å². The van der Waals surface area contributed by atoms with Crippen LogP contribution in [0.2, 0.25) is 0 Å². The van der Waals surface area contributed by atoms with Gasteiger partial charge in [0.1, 0.15) is 0 Å². The summed E-state index contributed by atoms with van der Waals surface area (Å²) in [6.45, 7) is 14.4. The van der Waals surface area contributed by atoms with Gasteiger partial charge in [-0.2, -0.15) is 0 Å². The van der Waals surface area contributed by atoms with Crippen LogP contribution in [0.5, 0.6) is 0 Å². The van der Waals surface area contributed by atoms with Gasteiger partial charge in [0, 0.05) is 18.6 Å². The second-order valence-electron chi connectivity index (χ2n) is 9.11. The number of hydrogen-bond donors (Lipinski definition) is 2. The van der Waals surface area contributed by atoms with Crippen LogP contribution in [0.15, 0.2) is 48.5 Å². The monoisotopic (exact) mass is 409 g/mol. The Kier molecular flexibility index (Phi) is 9.07. The fourth-order valence-electron chi connectivity index (χ4n) is 4.00. The molecule has 3 N–H and O–H groups in total. The molecule has 0 fully saturated rings. The number of nitrogens with two attached hydrogens (primary N) is 1. The van der Waals surface area contributed by atoms with E-state index in [4.69, 9.17) is 5.73 Å². The van der Waals surface area contributed by atoms with Crippen LogP contribution >= 0.6 is 0 Å². The second-order valence-corrected chi connectivity index (χ2v) is 9.11. The van der Waals surface area contributed by atoms with E-state index in [1.807, 2.05) is 12.1 Å². The van der Waals surface area contributed by atoms with E-state index >= 15 is 0 Å². The summed E-state index contributed by atoms with van der Waals surface area (Å²) < 4.78 is 0. The van der Waals surface area contributed by atoms with Crippen LogP contribution < -0.4 is 11.1 Å². The molecule has 2 aromatic carbocycles. The average Bonchev–Trinajstić information content (AvgIpc) is 2.70. The number of benzene rings is 2. The summed E-state index contributed by atoms with van der Waals surface area (Å²) >= 11 is 0. The van der Waals surface area contributed by atoms with Gasteiger partial charge in [-0.15, -0.1) is 0 Å². The largest absolute Gasteiger partial charge is 0.343 e. The van der Waals surface area contributed by atoms with Crippen molar-refractivity contribution in [2.75, 3.05) is 6.67 Å². The maximum atomic E-state index is 12.6. The highest BCUT2D eigenvalue weighted by Gasteiger charge is 2.22. The Morgan fingerprint density at radius 2 is 1.57 bits per heavy atom. The van der Waals surface area contributed by atoms with Crippen LogP contribution in [0.4, 0.5) is 0 Å². The summed E-state index contributed by atoms with van der Waals surface area (Å²) in [5, 5.41) is 2.79. The van der Waals surface area contributed by atoms with Crippen molar-refractivity contribution in [2.45, 2.75) is 72.5 Å². The third-order valence-corrected chi connectivity index (χ3v) is 5.57. The number of amides is 1. The molecular weight excluding hydrogens is 370 g/mol. The molecular formula is C26H39N3O. The maximum Gasteiger partial charge on any atom is 0.228 e. The van der Waals surface area contributed by atoms with Crippen molar-refractivity contribution in [3.05, 3.63) is 59.7 Å². The van der Waals surface area contributed by atoms with Gasteiger partial charge in [-0.1, -0.05) is 62.4 Å². The molecule has 0 aliphatic rings. The van der Waals surface area contributed by atoms with E-state index in [2.05, 4.69) is 88.2 Å². The van der Waals surface area contributed by atoms with Gasteiger partial charge in [-0.05, 0) is 62.3 Å². The van der Waals surface area contributed by atoms with E-state index in [1.165, 1.54) is 11.1 Å². The lowest BCUT2D eigenvalue weighted by Gasteiger charge is -2.30. The number of nitrogens with zero attached hydrogens (tertiary/aromatic N) is 1. The molecule has 1 amide bonds. The first kappa shape index (κ1) is 24.1. The molecule has 0 aliphatic heterocycles. The van der Waals surface area contributed by atoms with E-state index < -0.39 is 0 Å². The standard InChI is InChI=1S/C26H39N3O/c1-18(2)14-25(26(30)28-17-27)24-9-7-8-23(15-24)22-12-10-21(11-13-22)16-29(19(3)4)20(5)6/h7-13,15,18-20,25H,14,16-17,27H2,1-6H3,(H,28,30)/t25-/m1/s1. The van der Waals surface area contributed by atoms with Crippen molar-refractivity contribution in [3.8, 4) is 11.1 Å². The minimum absolute atomic E-state index is 0.00107. The Morgan fingerprint density at radius 1 is 0.933 bits per heavy atom. The predicted molar refractivity (Wildman–Crippen MR) is 127 cm³/mol. The van der Waals surface area contributed by atoms with Crippen molar-refractivity contribution in [1.29, 1.82) is 0 Å². The molecule has 2 rings (SSSR count). The van der Waals surface area contributed by atoms with E-state index in [9.17, 15) is 4.79 Å². The molecule has 0 aliphatic carbocycles. The van der Waals surface area contributed by atoms with Crippen molar-refractivity contribution < 1.29 is 4.79 Å². The topological polar surface area (TPSA) is 58.4 Å². The number of rotatable bonds is 10. The van der Waals surface area contributed by atoms with E-state index in [1.54, 1.807) is 0 Å². The van der Waals surface area contributed by atoms with Crippen LogP contribution in [-0.4, -0.2) is 29.6 Å². The van der Waals surface area contributed by atoms with Crippen molar-refractivity contribution in [2.24, 2.45) is 11.7 Å². The second kappa shape index (κ2) is 11.3. The normalized spacial score (nSPS) is 12.8. The first-order valence-corrected chi connectivity index (χ1v) is 11.2. The van der Waals surface area contributed by atoms with Gasteiger partial charge in [-0.3, -0.25) is 9.69 Å². The summed E-state index contributed by atoms with van der Waals surface area (Å²) in [5.41, 5.74) is 10.2. The fraction of sp³-hybridized carbons (Fsp3) is 0.500. The van der Waals surface area contributed by atoms with Gasteiger partial charge < -0.3 is 11.1 Å². The SMILES string of the molecule is CC(C)C[C@@H](C(=O)NCN)c1cccc(-c2ccc(CN(C(C)C)C(C)C)cc2)c1. The minimum atomic E-state index is -0.182. The van der Waals surface area contributed by atoms with Crippen LogP contribution in [0, 0.1) is 5.92 Å². The molecule has 4 nitrogen and oxygen atoms in total.